The summed E-state index contributed by atoms with van der Waals surface area (Å²) in [6.45, 7) is 0.456. The Morgan fingerprint density at radius 3 is 2.36 bits per heavy atom. The molecule has 132 valence electrons. The largest absolute Gasteiger partial charge is 0.341 e. The fourth-order valence-corrected chi connectivity index (χ4v) is 2.82. The maximum Gasteiger partial charge on any atom is 0.321 e. The molecular weight excluding hydrogens is 361 g/mol. The van der Waals surface area contributed by atoms with Gasteiger partial charge in [-0.05, 0) is 30.3 Å². The molecule has 0 radical (unpaired) electrons. The topological polar surface area (TPSA) is 61.4 Å². The first-order valence-corrected chi connectivity index (χ1v) is 8.39. The number of urea groups is 1. The normalized spacial score (nSPS) is 11.9. The Balaban J connectivity index is 2.25. The number of hydrogen-bond donors (Lipinski definition) is 2. The molecule has 2 N–H and O–H groups in total. The average Bonchev–Trinajstić information content (AvgIpc) is 2.59. The van der Waals surface area contributed by atoms with Gasteiger partial charge < -0.3 is 5.32 Å². The summed E-state index contributed by atoms with van der Waals surface area (Å²) < 4.78 is 0. The summed E-state index contributed by atoms with van der Waals surface area (Å²) in [5, 5.41) is 5.65. The van der Waals surface area contributed by atoms with Gasteiger partial charge in [-0.25, -0.2) is 4.79 Å². The lowest BCUT2D eigenvalue weighted by Gasteiger charge is -2.27. The predicted octanol–water partition coefficient (Wildman–Crippen LogP) is 3.62. The monoisotopic (exact) mass is 379 g/mol. The van der Waals surface area contributed by atoms with Crippen molar-refractivity contribution in [1.29, 1.82) is 0 Å². The Morgan fingerprint density at radius 2 is 1.76 bits per heavy atom. The molecule has 0 saturated carbocycles. The van der Waals surface area contributed by atoms with Crippen molar-refractivity contribution >= 4 is 35.1 Å². The Morgan fingerprint density at radius 1 is 1.08 bits per heavy atom. The van der Waals surface area contributed by atoms with Gasteiger partial charge >= 0.3 is 6.03 Å². The van der Waals surface area contributed by atoms with Crippen molar-refractivity contribution in [3.05, 3.63) is 69.7 Å². The summed E-state index contributed by atoms with van der Waals surface area (Å²) in [4.78, 5) is 26.0. The molecular formula is C18H19Cl2N3O2. The fourth-order valence-electron chi connectivity index (χ4n) is 2.50. The summed E-state index contributed by atoms with van der Waals surface area (Å²) in [6, 6.07) is 13.4. The van der Waals surface area contributed by atoms with Crippen LogP contribution in [-0.2, 0) is 11.3 Å². The highest BCUT2D eigenvalue weighted by atomic mass is 35.5. The summed E-state index contributed by atoms with van der Waals surface area (Å²) >= 11 is 12.0. The third kappa shape index (κ3) is 5.19. The van der Waals surface area contributed by atoms with Crippen LogP contribution in [0.15, 0.2) is 48.5 Å². The van der Waals surface area contributed by atoms with Crippen molar-refractivity contribution < 1.29 is 9.59 Å². The van der Waals surface area contributed by atoms with E-state index >= 15 is 0 Å². The quantitative estimate of drug-likeness (QED) is 0.833. The van der Waals surface area contributed by atoms with Crippen LogP contribution in [0.1, 0.15) is 17.2 Å². The molecule has 0 aliphatic rings. The Bertz CT molecular complexity index is 753. The van der Waals surface area contributed by atoms with Crippen molar-refractivity contribution in [2.45, 2.75) is 12.6 Å². The molecule has 2 rings (SSSR count). The molecule has 7 heteroatoms. The number of imide groups is 1. The van der Waals surface area contributed by atoms with E-state index in [1.54, 1.807) is 12.1 Å². The molecule has 0 aliphatic heterocycles. The predicted molar refractivity (Wildman–Crippen MR) is 99.7 cm³/mol. The summed E-state index contributed by atoms with van der Waals surface area (Å²) in [5.41, 5.74) is 1.69. The number of nitrogens with one attached hydrogen (secondary N) is 2. The summed E-state index contributed by atoms with van der Waals surface area (Å²) in [7, 11) is 3.27. The number of carbonyl (C=O) groups excluding carboxylic acids is 2. The molecule has 0 saturated heterocycles. The van der Waals surface area contributed by atoms with Gasteiger partial charge in [0.15, 0.2) is 0 Å². The molecule has 0 bridgehead atoms. The molecule has 3 amide bonds. The molecule has 5 nitrogen and oxygen atoms in total. The number of carbonyl (C=O) groups is 2. The summed E-state index contributed by atoms with van der Waals surface area (Å²) in [6.07, 6.45) is 0. The standard InChI is InChI=1S/C18H19Cl2N3O2/c1-21-18(25)22-17(24)16(13-6-4-3-5-7-13)23(2)11-12-8-9-14(19)15(20)10-12/h3-10,16H,11H2,1-2H3,(H2,21,22,24,25)/t16-/m0/s1. The van der Waals surface area contributed by atoms with Crippen LogP contribution >= 0.6 is 23.2 Å². The molecule has 25 heavy (non-hydrogen) atoms. The highest BCUT2D eigenvalue weighted by Gasteiger charge is 2.26. The molecule has 2 aromatic carbocycles. The van der Waals surface area contributed by atoms with E-state index in [-0.39, 0.29) is 0 Å². The SMILES string of the molecule is CNC(=O)NC(=O)[C@H](c1ccccc1)N(C)Cc1ccc(Cl)c(Cl)c1. The lowest BCUT2D eigenvalue weighted by molar-refractivity contribution is -0.125. The van der Waals surface area contributed by atoms with Gasteiger partial charge in [-0.3, -0.25) is 15.0 Å². The molecule has 0 fully saturated rings. The van der Waals surface area contributed by atoms with Crippen molar-refractivity contribution in [2.75, 3.05) is 14.1 Å². The first-order valence-electron chi connectivity index (χ1n) is 7.64. The molecule has 1 atom stereocenters. The van der Waals surface area contributed by atoms with Crippen LogP contribution in [-0.4, -0.2) is 30.9 Å². The van der Waals surface area contributed by atoms with Gasteiger partial charge in [-0.15, -0.1) is 0 Å². The number of nitrogens with zero attached hydrogens (tertiary/aromatic N) is 1. The smallest absolute Gasteiger partial charge is 0.321 e. The van der Waals surface area contributed by atoms with E-state index in [0.717, 1.165) is 11.1 Å². The summed E-state index contributed by atoms with van der Waals surface area (Å²) in [5.74, 6) is -0.409. The zero-order chi connectivity index (χ0) is 18.4. The van der Waals surface area contributed by atoms with E-state index in [1.807, 2.05) is 48.3 Å². The number of halogens is 2. The van der Waals surface area contributed by atoms with E-state index in [0.29, 0.717) is 16.6 Å². The molecule has 0 aliphatic carbocycles. The third-order valence-corrected chi connectivity index (χ3v) is 4.42. The van der Waals surface area contributed by atoms with Crippen LogP contribution in [0.25, 0.3) is 0 Å². The minimum atomic E-state index is -0.632. The minimum absolute atomic E-state index is 0.409. The number of benzene rings is 2. The van der Waals surface area contributed by atoms with Gasteiger partial charge in [0.25, 0.3) is 0 Å². The highest BCUT2D eigenvalue weighted by Crippen LogP contribution is 2.26. The van der Waals surface area contributed by atoms with E-state index in [4.69, 9.17) is 23.2 Å². The number of likely N-dealkylation sites (N-methyl/N-ethyl adjacent to an activating group) is 1. The second-order valence-electron chi connectivity index (χ2n) is 5.55. The molecule has 2 aromatic rings. The van der Waals surface area contributed by atoms with Crippen molar-refractivity contribution in [2.24, 2.45) is 0 Å². The van der Waals surface area contributed by atoms with Crippen LogP contribution in [0.3, 0.4) is 0 Å². The Kier molecular flexibility index (Phi) is 6.82. The van der Waals surface area contributed by atoms with Crippen LogP contribution in [0.2, 0.25) is 10.0 Å². The molecule has 0 unspecified atom stereocenters. The third-order valence-electron chi connectivity index (χ3n) is 3.68. The zero-order valence-corrected chi connectivity index (χ0v) is 15.4. The van der Waals surface area contributed by atoms with Crippen LogP contribution in [0.4, 0.5) is 4.79 Å². The van der Waals surface area contributed by atoms with Gasteiger partial charge in [0, 0.05) is 13.6 Å². The first kappa shape index (κ1) is 19.2. The maximum absolute atomic E-state index is 12.6. The van der Waals surface area contributed by atoms with Gasteiger partial charge in [-0.2, -0.15) is 0 Å². The van der Waals surface area contributed by atoms with Gasteiger partial charge in [-0.1, -0.05) is 59.6 Å². The second kappa shape index (κ2) is 8.85. The Hall–Kier alpha value is -2.08. The zero-order valence-electron chi connectivity index (χ0n) is 13.9. The molecule has 0 aromatic heterocycles. The maximum atomic E-state index is 12.6. The fraction of sp³-hybridized carbons (Fsp3) is 0.222. The van der Waals surface area contributed by atoms with Gasteiger partial charge in [0.2, 0.25) is 5.91 Å². The van der Waals surface area contributed by atoms with Crippen molar-refractivity contribution in [3.63, 3.8) is 0 Å². The number of amides is 3. The van der Waals surface area contributed by atoms with E-state index in [9.17, 15) is 9.59 Å². The van der Waals surface area contributed by atoms with Crippen LogP contribution in [0.5, 0.6) is 0 Å². The number of rotatable bonds is 5. The van der Waals surface area contributed by atoms with Crippen LogP contribution in [0, 0.1) is 0 Å². The second-order valence-corrected chi connectivity index (χ2v) is 6.36. The molecule has 0 heterocycles. The van der Waals surface area contributed by atoms with E-state index in [2.05, 4.69) is 10.6 Å². The minimum Gasteiger partial charge on any atom is -0.341 e. The van der Waals surface area contributed by atoms with Gasteiger partial charge in [0.1, 0.15) is 6.04 Å². The van der Waals surface area contributed by atoms with Crippen molar-refractivity contribution in [3.8, 4) is 0 Å². The number of hydrogen-bond acceptors (Lipinski definition) is 3. The molecule has 0 spiro atoms. The lowest BCUT2D eigenvalue weighted by atomic mass is 10.0. The van der Waals surface area contributed by atoms with E-state index < -0.39 is 18.0 Å². The average molecular weight is 380 g/mol. The lowest BCUT2D eigenvalue weighted by Crippen LogP contribution is -2.44. The van der Waals surface area contributed by atoms with Crippen LogP contribution < -0.4 is 10.6 Å². The highest BCUT2D eigenvalue weighted by molar-refractivity contribution is 6.42. The van der Waals surface area contributed by atoms with Gasteiger partial charge in [0.05, 0.1) is 10.0 Å². The van der Waals surface area contributed by atoms with Crippen molar-refractivity contribution in [1.82, 2.24) is 15.5 Å². The van der Waals surface area contributed by atoms with E-state index in [1.165, 1.54) is 7.05 Å². The Labute approximate surface area is 156 Å². The first-order chi connectivity index (χ1) is 11.9.